The number of hydrogen-bond acceptors (Lipinski definition) is 2. The number of thioether (sulfide) groups is 1. The molecule has 1 unspecified atom stereocenters. The molecular weight excluding hydrogens is 270 g/mol. The Kier molecular flexibility index (Phi) is 6.36. The van der Waals surface area contributed by atoms with Gasteiger partial charge in [-0.3, -0.25) is 4.79 Å². The molecule has 0 radical (unpaired) electrons. The minimum atomic E-state index is -5.73. The molecule has 0 aliphatic rings. The molecule has 0 heterocycles. The van der Waals surface area contributed by atoms with Crippen molar-refractivity contribution < 1.29 is 31.1 Å². The van der Waals surface area contributed by atoms with E-state index < -0.39 is 31.1 Å². The van der Waals surface area contributed by atoms with Gasteiger partial charge in [0, 0.05) is 12.2 Å². The van der Waals surface area contributed by atoms with Gasteiger partial charge in [0.25, 0.3) is 0 Å². The van der Waals surface area contributed by atoms with Gasteiger partial charge in [-0.25, -0.2) is 4.39 Å². The van der Waals surface area contributed by atoms with Crippen LogP contribution in [0.25, 0.3) is 0 Å². The first kappa shape index (κ1) is 16.6. The molecule has 17 heavy (non-hydrogen) atoms. The molecule has 0 aromatic rings. The molecule has 0 aliphatic carbocycles. The smallest absolute Gasteiger partial charge is 0.287 e. The molecule has 0 rings (SSSR count). The standard InChI is InChI=1S/C9H12F6OS/c1-2-7(16)17-4-3-6(10)5-8(11,12)9(13,14)15/h6H,2-5H2,1H3. The Morgan fingerprint density at radius 1 is 1.24 bits per heavy atom. The van der Waals surface area contributed by atoms with Crippen molar-refractivity contribution in [3.05, 3.63) is 0 Å². The average molecular weight is 282 g/mol. The molecule has 0 amide bonds. The zero-order chi connectivity index (χ0) is 13.7. The number of carbonyl (C=O) groups is 1. The maximum absolute atomic E-state index is 12.9. The normalized spacial score (nSPS) is 14.8. The van der Waals surface area contributed by atoms with E-state index in [-0.39, 0.29) is 17.3 Å². The molecule has 0 saturated heterocycles. The molecule has 1 nitrogen and oxygen atoms in total. The summed E-state index contributed by atoms with van der Waals surface area (Å²) < 4.78 is 72.8. The lowest BCUT2D eigenvalue weighted by Crippen LogP contribution is -2.38. The minimum absolute atomic E-state index is 0.0955. The van der Waals surface area contributed by atoms with E-state index in [2.05, 4.69) is 0 Å². The SMILES string of the molecule is CCC(=O)SCCC(F)CC(F)(F)C(F)(F)F. The lowest BCUT2D eigenvalue weighted by Gasteiger charge is -2.21. The van der Waals surface area contributed by atoms with Gasteiger partial charge in [-0.15, -0.1) is 0 Å². The highest BCUT2D eigenvalue weighted by atomic mass is 32.2. The summed E-state index contributed by atoms with van der Waals surface area (Å²) in [5.41, 5.74) is 0. The predicted octanol–water partition coefficient (Wildman–Crippen LogP) is 3.97. The quantitative estimate of drug-likeness (QED) is 0.686. The van der Waals surface area contributed by atoms with Gasteiger partial charge in [0.15, 0.2) is 5.12 Å². The van der Waals surface area contributed by atoms with E-state index in [1.165, 1.54) is 0 Å². The van der Waals surface area contributed by atoms with Gasteiger partial charge in [0.05, 0.1) is 6.42 Å². The van der Waals surface area contributed by atoms with Crippen LogP contribution in [-0.2, 0) is 4.79 Å². The van der Waals surface area contributed by atoms with Crippen LogP contribution < -0.4 is 0 Å². The number of rotatable bonds is 6. The molecule has 0 spiro atoms. The van der Waals surface area contributed by atoms with Crippen molar-refractivity contribution in [2.45, 2.75) is 44.5 Å². The van der Waals surface area contributed by atoms with Crippen LogP contribution in [0, 0.1) is 0 Å². The van der Waals surface area contributed by atoms with Gasteiger partial charge < -0.3 is 0 Å². The number of hydrogen-bond donors (Lipinski definition) is 0. The van der Waals surface area contributed by atoms with Gasteiger partial charge in [-0.2, -0.15) is 22.0 Å². The third-order valence-electron chi connectivity index (χ3n) is 1.88. The predicted molar refractivity (Wildman–Crippen MR) is 52.9 cm³/mol. The van der Waals surface area contributed by atoms with Crippen LogP contribution in [0.15, 0.2) is 0 Å². The van der Waals surface area contributed by atoms with Crippen LogP contribution in [0.4, 0.5) is 26.3 Å². The second-order valence-corrected chi connectivity index (χ2v) is 4.52. The topological polar surface area (TPSA) is 17.1 Å². The van der Waals surface area contributed by atoms with Crippen molar-refractivity contribution in [2.75, 3.05) is 5.75 Å². The van der Waals surface area contributed by atoms with Gasteiger partial charge in [0.1, 0.15) is 6.17 Å². The maximum Gasteiger partial charge on any atom is 0.453 e. The molecule has 102 valence electrons. The van der Waals surface area contributed by atoms with Crippen molar-refractivity contribution in [3.63, 3.8) is 0 Å². The van der Waals surface area contributed by atoms with Crippen LogP contribution in [0.3, 0.4) is 0 Å². The Labute approximate surface area is 98.9 Å². The summed E-state index contributed by atoms with van der Waals surface area (Å²) in [6, 6.07) is 0. The first-order valence-corrected chi connectivity index (χ1v) is 5.83. The Bertz CT molecular complexity index is 252. The molecule has 8 heteroatoms. The summed E-state index contributed by atoms with van der Waals surface area (Å²) >= 11 is 0.733. The highest BCUT2D eigenvalue weighted by Gasteiger charge is 2.58. The summed E-state index contributed by atoms with van der Waals surface area (Å²) in [4.78, 5) is 10.8. The van der Waals surface area contributed by atoms with E-state index in [1.807, 2.05) is 0 Å². The molecule has 0 saturated carbocycles. The first-order chi connectivity index (χ1) is 7.60. The van der Waals surface area contributed by atoms with Gasteiger partial charge in [-0.05, 0) is 6.42 Å². The Balaban J connectivity index is 4.02. The average Bonchev–Trinajstić information content (AvgIpc) is 2.14. The summed E-state index contributed by atoms with van der Waals surface area (Å²) in [7, 11) is 0. The Hall–Kier alpha value is -0.400. The van der Waals surface area contributed by atoms with Crippen LogP contribution in [0.1, 0.15) is 26.2 Å². The molecular formula is C9H12F6OS. The Morgan fingerprint density at radius 2 is 1.76 bits per heavy atom. The number of halogens is 6. The van der Waals surface area contributed by atoms with Crippen LogP contribution in [0.2, 0.25) is 0 Å². The summed E-state index contributed by atoms with van der Waals surface area (Å²) in [5, 5.41) is -0.250. The van der Waals surface area contributed by atoms with E-state index in [0.717, 1.165) is 11.8 Å². The third-order valence-corrected chi connectivity index (χ3v) is 2.93. The first-order valence-electron chi connectivity index (χ1n) is 4.84. The Morgan fingerprint density at radius 3 is 2.18 bits per heavy atom. The highest BCUT2D eigenvalue weighted by molar-refractivity contribution is 8.13. The zero-order valence-electron chi connectivity index (χ0n) is 8.99. The molecule has 0 N–H and O–H groups in total. The molecule has 0 aliphatic heterocycles. The monoisotopic (exact) mass is 282 g/mol. The fourth-order valence-electron chi connectivity index (χ4n) is 0.899. The second-order valence-electron chi connectivity index (χ2n) is 3.37. The summed E-state index contributed by atoms with van der Waals surface area (Å²) in [5.74, 6) is -5.12. The van der Waals surface area contributed by atoms with Gasteiger partial charge in [-0.1, -0.05) is 18.7 Å². The van der Waals surface area contributed by atoms with E-state index in [0.29, 0.717) is 0 Å². The molecule has 0 aromatic heterocycles. The van der Waals surface area contributed by atoms with Crippen molar-refractivity contribution in [2.24, 2.45) is 0 Å². The van der Waals surface area contributed by atoms with Gasteiger partial charge >= 0.3 is 12.1 Å². The van der Waals surface area contributed by atoms with Crippen LogP contribution in [0.5, 0.6) is 0 Å². The van der Waals surface area contributed by atoms with Crippen LogP contribution >= 0.6 is 11.8 Å². The van der Waals surface area contributed by atoms with Gasteiger partial charge in [0.2, 0.25) is 0 Å². The fraction of sp³-hybridized carbons (Fsp3) is 0.889. The highest BCUT2D eigenvalue weighted by Crippen LogP contribution is 2.39. The van der Waals surface area contributed by atoms with Crippen molar-refractivity contribution in [3.8, 4) is 0 Å². The van der Waals surface area contributed by atoms with Crippen LogP contribution in [-0.4, -0.2) is 29.1 Å². The van der Waals surface area contributed by atoms with E-state index in [9.17, 15) is 31.1 Å². The van der Waals surface area contributed by atoms with Crippen molar-refractivity contribution in [1.82, 2.24) is 0 Å². The van der Waals surface area contributed by atoms with Crippen molar-refractivity contribution in [1.29, 1.82) is 0 Å². The fourth-order valence-corrected chi connectivity index (χ4v) is 1.70. The molecule has 0 aromatic carbocycles. The van der Waals surface area contributed by atoms with E-state index in [1.54, 1.807) is 6.92 Å². The summed E-state index contributed by atoms with van der Waals surface area (Å²) in [6.45, 7) is 1.57. The largest absolute Gasteiger partial charge is 0.453 e. The minimum Gasteiger partial charge on any atom is -0.287 e. The third kappa shape index (κ3) is 6.18. The molecule has 1 atom stereocenters. The number of alkyl halides is 6. The summed E-state index contributed by atoms with van der Waals surface area (Å²) in [6.07, 6.45) is -10.2. The molecule has 0 bridgehead atoms. The zero-order valence-corrected chi connectivity index (χ0v) is 9.81. The van der Waals surface area contributed by atoms with E-state index >= 15 is 0 Å². The van der Waals surface area contributed by atoms with Crippen molar-refractivity contribution >= 4 is 16.9 Å². The molecule has 0 fully saturated rings. The second kappa shape index (κ2) is 6.51. The lowest BCUT2D eigenvalue weighted by atomic mass is 10.1. The van der Waals surface area contributed by atoms with E-state index in [4.69, 9.17) is 0 Å². The number of carbonyl (C=O) groups excluding carboxylic acids is 1. The lowest BCUT2D eigenvalue weighted by molar-refractivity contribution is -0.288. The maximum atomic E-state index is 12.9.